The fourth-order valence-electron chi connectivity index (χ4n) is 3.13. The molecule has 1 N–H and O–H groups in total. The summed E-state index contributed by atoms with van der Waals surface area (Å²) in [5, 5.41) is 4.89. The van der Waals surface area contributed by atoms with E-state index in [0.717, 1.165) is 18.4 Å². The number of carbonyl (C=O) groups is 1. The van der Waals surface area contributed by atoms with Crippen molar-refractivity contribution in [3.8, 4) is 0 Å². The molecule has 0 aliphatic carbocycles. The molecule has 0 aliphatic heterocycles. The average Bonchev–Trinajstić information content (AvgIpc) is 3.05. The van der Waals surface area contributed by atoms with Crippen molar-refractivity contribution in [3.63, 3.8) is 0 Å². The molecule has 0 unspecified atom stereocenters. The lowest BCUT2D eigenvalue weighted by molar-refractivity contribution is -0.116. The van der Waals surface area contributed by atoms with Crippen LogP contribution in [0.25, 0.3) is 0 Å². The van der Waals surface area contributed by atoms with Gasteiger partial charge in [-0.1, -0.05) is 37.5 Å². The number of anilines is 1. The Hall–Kier alpha value is -1.77. The van der Waals surface area contributed by atoms with Crippen molar-refractivity contribution in [3.05, 3.63) is 40.4 Å². The number of hydrogen-bond donors (Lipinski definition) is 1. The van der Waals surface area contributed by atoms with Crippen LogP contribution in [0.15, 0.2) is 28.6 Å². The number of thiazole rings is 1. The Morgan fingerprint density at radius 2 is 1.85 bits per heavy atom. The van der Waals surface area contributed by atoms with Crippen molar-refractivity contribution in [2.45, 2.75) is 51.9 Å². The maximum Gasteiger partial charge on any atom is 0.244 e. The number of rotatable bonds is 9. The zero-order valence-corrected chi connectivity index (χ0v) is 17.9. The molecule has 1 aromatic heterocycles. The molecule has 2 rings (SSSR count). The van der Waals surface area contributed by atoms with Gasteiger partial charge in [-0.15, -0.1) is 11.3 Å². The molecule has 8 heteroatoms. The second kappa shape index (κ2) is 9.43. The number of nitrogens with zero attached hydrogens (tertiary/aromatic N) is 2. The number of aromatic nitrogens is 1. The summed E-state index contributed by atoms with van der Waals surface area (Å²) in [6.07, 6.45) is 4.19. The largest absolute Gasteiger partial charge is 0.301 e. The van der Waals surface area contributed by atoms with E-state index in [9.17, 15) is 13.2 Å². The van der Waals surface area contributed by atoms with Crippen LogP contribution in [-0.4, -0.2) is 36.7 Å². The molecular formula is C19H27N3O3S2. The van der Waals surface area contributed by atoms with E-state index in [1.807, 2.05) is 19.1 Å². The van der Waals surface area contributed by atoms with Crippen LogP contribution >= 0.6 is 11.3 Å². The van der Waals surface area contributed by atoms with Gasteiger partial charge >= 0.3 is 0 Å². The minimum Gasteiger partial charge on any atom is -0.301 e. The van der Waals surface area contributed by atoms with E-state index in [1.54, 1.807) is 25.4 Å². The summed E-state index contributed by atoms with van der Waals surface area (Å²) in [6.45, 7) is 7.69. The first kappa shape index (κ1) is 21.5. The van der Waals surface area contributed by atoms with Gasteiger partial charge in [-0.2, -0.15) is 4.31 Å². The fraction of sp³-hybridized carbons (Fsp3) is 0.474. The van der Waals surface area contributed by atoms with Crippen LogP contribution in [0.3, 0.4) is 0 Å². The number of aryl methyl sites for hydroxylation is 3. The average molecular weight is 410 g/mol. The Morgan fingerprint density at radius 1 is 1.19 bits per heavy atom. The Bertz CT molecular complexity index is 855. The summed E-state index contributed by atoms with van der Waals surface area (Å²) in [6, 6.07) is 3.72. The zero-order valence-electron chi connectivity index (χ0n) is 16.3. The lowest BCUT2D eigenvalue weighted by Crippen LogP contribution is -2.39. The first-order valence-electron chi connectivity index (χ1n) is 9.03. The molecule has 6 nitrogen and oxygen atoms in total. The lowest BCUT2D eigenvalue weighted by atomic mass is 10.1. The molecular weight excluding hydrogens is 382 g/mol. The van der Waals surface area contributed by atoms with Crippen LogP contribution in [0.2, 0.25) is 0 Å². The molecule has 0 aliphatic rings. The Morgan fingerprint density at radius 3 is 2.41 bits per heavy atom. The number of benzene rings is 1. The Balaban J connectivity index is 2.30. The van der Waals surface area contributed by atoms with Crippen molar-refractivity contribution >= 4 is 32.4 Å². The molecule has 0 radical (unpaired) electrons. The van der Waals surface area contributed by atoms with Gasteiger partial charge < -0.3 is 5.32 Å². The maximum atomic E-state index is 13.4. The normalized spacial score (nSPS) is 11.7. The van der Waals surface area contributed by atoms with Crippen LogP contribution < -0.4 is 5.32 Å². The lowest BCUT2D eigenvalue weighted by Gasteiger charge is -2.24. The van der Waals surface area contributed by atoms with E-state index in [-0.39, 0.29) is 12.5 Å². The number of carbonyl (C=O) groups excluding carboxylic acids is 1. The van der Waals surface area contributed by atoms with Gasteiger partial charge in [-0.3, -0.25) is 4.79 Å². The summed E-state index contributed by atoms with van der Waals surface area (Å²) < 4.78 is 28.0. The smallest absolute Gasteiger partial charge is 0.244 e. The number of amides is 1. The van der Waals surface area contributed by atoms with Gasteiger partial charge in [0.2, 0.25) is 15.9 Å². The number of nitrogens with one attached hydrogen (secondary N) is 1. The SMILES string of the molecule is CCCCCN(CC(=O)Nc1nccs1)S(=O)(=O)c1c(C)cc(C)cc1C. The number of hydrogen-bond acceptors (Lipinski definition) is 5. The van der Waals surface area contributed by atoms with Gasteiger partial charge in [0.15, 0.2) is 5.13 Å². The van der Waals surface area contributed by atoms with Gasteiger partial charge in [0.05, 0.1) is 11.4 Å². The zero-order chi connectivity index (χ0) is 20.0. The van der Waals surface area contributed by atoms with E-state index < -0.39 is 10.0 Å². The highest BCUT2D eigenvalue weighted by molar-refractivity contribution is 7.89. The fourth-order valence-corrected chi connectivity index (χ4v) is 5.52. The third-order valence-electron chi connectivity index (χ3n) is 4.21. The minimum atomic E-state index is -3.78. The monoisotopic (exact) mass is 409 g/mol. The molecule has 0 bridgehead atoms. The predicted molar refractivity (Wildman–Crippen MR) is 110 cm³/mol. The van der Waals surface area contributed by atoms with Gasteiger partial charge in [0.25, 0.3) is 0 Å². The second-order valence-corrected chi connectivity index (χ2v) is 9.43. The van der Waals surface area contributed by atoms with Crippen LogP contribution in [0.5, 0.6) is 0 Å². The summed E-state index contributed by atoms with van der Waals surface area (Å²) in [4.78, 5) is 16.7. The van der Waals surface area contributed by atoms with Crippen molar-refractivity contribution in [1.29, 1.82) is 0 Å². The van der Waals surface area contributed by atoms with Gasteiger partial charge in [0.1, 0.15) is 0 Å². The van der Waals surface area contributed by atoms with Crippen LogP contribution in [-0.2, 0) is 14.8 Å². The molecule has 0 fully saturated rings. The van der Waals surface area contributed by atoms with Gasteiger partial charge in [0, 0.05) is 18.1 Å². The number of unbranched alkanes of at least 4 members (excludes halogenated alkanes) is 2. The predicted octanol–water partition coefficient (Wildman–Crippen LogP) is 3.89. The molecule has 0 saturated heterocycles. The van der Waals surface area contributed by atoms with E-state index in [2.05, 4.69) is 17.2 Å². The number of sulfonamides is 1. The topological polar surface area (TPSA) is 79.4 Å². The van der Waals surface area contributed by atoms with Crippen molar-refractivity contribution in [2.75, 3.05) is 18.4 Å². The van der Waals surface area contributed by atoms with E-state index in [4.69, 9.17) is 0 Å². The molecule has 1 aromatic carbocycles. The van der Waals surface area contributed by atoms with Crippen molar-refractivity contribution < 1.29 is 13.2 Å². The van der Waals surface area contributed by atoms with Crippen LogP contribution in [0.4, 0.5) is 5.13 Å². The first-order chi connectivity index (χ1) is 12.8. The molecule has 2 aromatic rings. The van der Waals surface area contributed by atoms with E-state index >= 15 is 0 Å². The quantitative estimate of drug-likeness (QED) is 0.637. The highest BCUT2D eigenvalue weighted by Crippen LogP contribution is 2.25. The standard InChI is InChI=1S/C19H27N3O3S2/c1-5-6-7-9-22(13-17(23)21-19-20-8-10-26-19)27(24,25)18-15(3)11-14(2)12-16(18)4/h8,10-12H,5-7,9,13H2,1-4H3,(H,20,21,23). The molecule has 0 atom stereocenters. The summed E-state index contributed by atoms with van der Waals surface area (Å²) in [7, 11) is -3.78. The maximum absolute atomic E-state index is 13.4. The second-order valence-electron chi connectivity index (χ2n) is 6.66. The highest BCUT2D eigenvalue weighted by Gasteiger charge is 2.29. The first-order valence-corrected chi connectivity index (χ1v) is 11.3. The van der Waals surface area contributed by atoms with Crippen molar-refractivity contribution in [2.24, 2.45) is 0 Å². The van der Waals surface area contributed by atoms with Crippen LogP contribution in [0.1, 0.15) is 42.9 Å². The van der Waals surface area contributed by atoms with E-state index in [0.29, 0.717) is 34.1 Å². The third-order valence-corrected chi connectivity index (χ3v) is 7.05. The molecule has 0 spiro atoms. The van der Waals surface area contributed by atoms with Gasteiger partial charge in [-0.05, 0) is 38.3 Å². The molecule has 148 valence electrons. The molecule has 27 heavy (non-hydrogen) atoms. The third kappa shape index (κ3) is 5.60. The molecule has 1 amide bonds. The Labute approximate surface area is 165 Å². The summed E-state index contributed by atoms with van der Waals surface area (Å²) in [5.41, 5.74) is 2.42. The minimum absolute atomic E-state index is 0.224. The van der Waals surface area contributed by atoms with Gasteiger partial charge in [-0.25, -0.2) is 13.4 Å². The van der Waals surface area contributed by atoms with Crippen LogP contribution in [0, 0.1) is 20.8 Å². The Kier molecular flexibility index (Phi) is 7.52. The highest BCUT2D eigenvalue weighted by atomic mass is 32.2. The summed E-state index contributed by atoms with van der Waals surface area (Å²) in [5.74, 6) is -0.382. The van der Waals surface area contributed by atoms with E-state index in [1.165, 1.54) is 15.6 Å². The molecule has 0 saturated carbocycles. The van der Waals surface area contributed by atoms with Crippen molar-refractivity contribution in [1.82, 2.24) is 9.29 Å². The summed E-state index contributed by atoms with van der Waals surface area (Å²) >= 11 is 1.30. The molecule has 1 heterocycles.